The van der Waals surface area contributed by atoms with Crippen molar-refractivity contribution < 1.29 is 19.4 Å². The van der Waals surface area contributed by atoms with Crippen molar-refractivity contribution in [1.82, 2.24) is 9.88 Å². The molecule has 8 heteroatoms. The molecule has 33 heavy (non-hydrogen) atoms. The number of aromatic nitrogens is 1. The Balaban J connectivity index is 1.37. The van der Waals surface area contributed by atoms with Crippen LogP contribution in [0.15, 0.2) is 36.5 Å². The molecule has 0 radical (unpaired) electrons. The molecule has 0 spiro atoms. The molecule has 8 nitrogen and oxygen atoms in total. The molecule has 2 fully saturated rings. The number of nitrogens with one attached hydrogen (secondary N) is 1. The normalized spacial score (nSPS) is 17.7. The van der Waals surface area contributed by atoms with Crippen molar-refractivity contribution in [2.24, 2.45) is 5.92 Å². The molecule has 2 saturated heterocycles. The Kier molecular flexibility index (Phi) is 7.57. The van der Waals surface area contributed by atoms with Gasteiger partial charge in [-0.3, -0.25) is 9.69 Å². The third-order valence-corrected chi connectivity index (χ3v) is 6.62. The van der Waals surface area contributed by atoms with Crippen molar-refractivity contribution in [3.63, 3.8) is 0 Å². The van der Waals surface area contributed by atoms with Gasteiger partial charge in [0.25, 0.3) is 5.91 Å². The Morgan fingerprint density at radius 3 is 2.55 bits per heavy atom. The summed E-state index contributed by atoms with van der Waals surface area (Å²) in [6.07, 6.45) is 4.76. The average molecular weight is 453 g/mol. The van der Waals surface area contributed by atoms with E-state index in [2.05, 4.69) is 20.1 Å². The second-order valence-corrected chi connectivity index (χ2v) is 8.84. The molecule has 0 unspecified atom stereocenters. The molecule has 2 N–H and O–H groups in total. The lowest BCUT2D eigenvalue weighted by molar-refractivity contribution is 0.0349. The van der Waals surface area contributed by atoms with Gasteiger partial charge in [0.05, 0.1) is 25.1 Å². The number of morpholine rings is 1. The molecule has 0 aliphatic carbocycles. The summed E-state index contributed by atoms with van der Waals surface area (Å²) in [7, 11) is 0. The van der Waals surface area contributed by atoms with Gasteiger partial charge in [-0.05, 0) is 56.3 Å². The van der Waals surface area contributed by atoms with E-state index in [9.17, 15) is 14.7 Å². The highest BCUT2D eigenvalue weighted by atomic mass is 16.5. The molecule has 176 valence electrons. The van der Waals surface area contributed by atoms with Crippen molar-refractivity contribution in [1.29, 1.82) is 0 Å². The van der Waals surface area contributed by atoms with Crippen LogP contribution < -0.4 is 10.2 Å². The van der Waals surface area contributed by atoms with Gasteiger partial charge in [0.1, 0.15) is 11.4 Å². The number of aryl methyl sites for hydroxylation is 1. The Labute approximate surface area is 194 Å². The lowest BCUT2D eigenvalue weighted by Crippen LogP contribution is -2.39. The summed E-state index contributed by atoms with van der Waals surface area (Å²) in [6, 6.07) is 8.79. The van der Waals surface area contributed by atoms with Gasteiger partial charge in [-0.1, -0.05) is 18.2 Å². The number of anilines is 2. The van der Waals surface area contributed by atoms with Gasteiger partial charge in [-0.2, -0.15) is 0 Å². The van der Waals surface area contributed by atoms with E-state index >= 15 is 0 Å². The first kappa shape index (κ1) is 23.2. The van der Waals surface area contributed by atoms with Crippen LogP contribution in [-0.4, -0.2) is 72.8 Å². The van der Waals surface area contributed by atoms with Crippen LogP contribution in [0.5, 0.6) is 0 Å². The van der Waals surface area contributed by atoms with Crippen molar-refractivity contribution in [2.45, 2.75) is 26.2 Å². The van der Waals surface area contributed by atoms with Gasteiger partial charge in [0.15, 0.2) is 0 Å². The number of carboxylic acids is 1. The van der Waals surface area contributed by atoms with Crippen LogP contribution in [0.4, 0.5) is 11.5 Å². The summed E-state index contributed by atoms with van der Waals surface area (Å²) >= 11 is 0. The fourth-order valence-corrected chi connectivity index (χ4v) is 4.58. The Morgan fingerprint density at radius 2 is 1.85 bits per heavy atom. The van der Waals surface area contributed by atoms with Crippen LogP contribution in [0, 0.1) is 12.8 Å². The number of aromatic carboxylic acids is 1. The highest BCUT2D eigenvalue weighted by molar-refractivity contribution is 6.06. The second-order valence-electron chi connectivity index (χ2n) is 8.84. The minimum Gasteiger partial charge on any atom is -0.478 e. The second kappa shape index (κ2) is 10.8. The Morgan fingerprint density at radius 1 is 1.12 bits per heavy atom. The highest BCUT2D eigenvalue weighted by Crippen LogP contribution is 2.28. The molecule has 2 aliphatic heterocycles. The first-order valence-electron chi connectivity index (χ1n) is 11.7. The third-order valence-electron chi connectivity index (χ3n) is 6.62. The van der Waals surface area contributed by atoms with Gasteiger partial charge in [-0.25, -0.2) is 9.78 Å². The van der Waals surface area contributed by atoms with Crippen molar-refractivity contribution in [3.05, 3.63) is 53.2 Å². The van der Waals surface area contributed by atoms with E-state index < -0.39 is 5.97 Å². The van der Waals surface area contributed by atoms with Gasteiger partial charge in [0.2, 0.25) is 0 Å². The zero-order valence-corrected chi connectivity index (χ0v) is 19.1. The van der Waals surface area contributed by atoms with E-state index in [1.807, 2.05) is 19.1 Å². The minimum atomic E-state index is -1.04. The van der Waals surface area contributed by atoms with Crippen LogP contribution in [0.3, 0.4) is 0 Å². The number of benzene rings is 1. The molecule has 1 aromatic carbocycles. The van der Waals surface area contributed by atoms with E-state index in [4.69, 9.17) is 4.74 Å². The SMILES string of the molecule is Cc1ccccc1C(=O)Nc1cnc(N2CCC(CCN3CCOCC3)CC2)c(C(=O)O)c1. The first-order valence-corrected chi connectivity index (χ1v) is 11.7. The zero-order valence-electron chi connectivity index (χ0n) is 19.1. The summed E-state index contributed by atoms with van der Waals surface area (Å²) in [5.41, 5.74) is 1.90. The summed E-state index contributed by atoms with van der Waals surface area (Å²) in [5, 5.41) is 12.6. The number of rotatable bonds is 7. The largest absolute Gasteiger partial charge is 0.478 e. The van der Waals surface area contributed by atoms with Crippen LogP contribution in [0.2, 0.25) is 0 Å². The maximum Gasteiger partial charge on any atom is 0.339 e. The maximum absolute atomic E-state index is 12.6. The monoisotopic (exact) mass is 452 g/mol. The summed E-state index contributed by atoms with van der Waals surface area (Å²) in [4.78, 5) is 33.5. The van der Waals surface area contributed by atoms with Crippen molar-refractivity contribution in [3.8, 4) is 0 Å². The summed E-state index contributed by atoms with van der Waals surface area (Å²) in [5.74, 6) is -0.202. The summed E-state index contributed by atoms with van der Waals surface area (Å²) < 4.78 is 5.42. The number of pyridine rings is 1. The van der Waals surface area contributed by atoms with Crippen LogP contribution >= 0.6 is 0 Å². The molecule has 1 aromatic heterocycles. The third kappa shape index (κ3) is 5.89. The van der Waals surface area contributed by atoms with Crippen molar-refractivity contribution >= 4 is 23.4 Å². The number of hydrogen-bond acceptors (Lipinski definition) is 6. The number of carbonyl (C=O) groups excluding carboxylic acids is 1. The van der Waals surface area contributed by atoms with E-state index in [0.717, 1.165) is 70.8 Å². The predicted molar refractivity (Wildman–Crippen MR) is 127 cm³/mol. The van der Waals surface area contributed by atoms with Gasteiger partial charge in [-0.15, -0.1) is 0 Å². The maximum atomic E-state index is 12.6. The molecular formula is C25H32N4O4. The molecule has 1 amide bonds. The molecule has 0 bridgehead atoms. The van der Waals surface area contributed by atoms with Crippen LogP contribution in [0.25, 0.3) is 0 Å². The first-order chi connectivity index (χ1) is 16.0. The Hall–Kier alpha value is -2.97. The number of piperidine rings is 1. The lowest BCUT2D eigenvalue weighted by Gasteiger charge is -2.35. The highest BCUT2D eigenvalue weighted by Gasteiger charge is 2.25. The number of carbonyl (C=O) groups is 2. The molecule has 3 heterocycles. The van der Waals surface area contributed by atoms with Crippen LogP contribution in [-0.2, 0) is 4.74 Å². The van der Waals surface area contributed by atoms with Crippen LogP contribution in [0.1, 0.15) is 45.5 Å². The summed E-state index contributed by atoms with van der Waals surface area (Å²) in [6.45, 7) is 8.21. The van der Waals surface area contributed by atoms with Gasteiger partial charge in [0, 0.05) is 31.7 Å². The molecule has 4 rings (SSSR count). The average Bonchev–Trinajstić information content (AvgIpc) is 2.84. The van der Waals surface area contributed by atoms with Gasteiger partial charge >= 0.3 is 5.97 Å². The molecule has 2 aromatic rings. The number of hydrogen-bond donors (Lipinski definition) is 2. The molecule has 2 aliphatic rings. The number of ether oxygens (including phenoxy) is 1. The standard InChI is InChI=1S/C25H32N4O4/c1-18-4-2-3-5-21(18)24(30)27-20-16-22(25(31)32)23(26-17-20)29-10-7-19(8-11-29)6-9-28-12-14-33-15-13-28/h2-5,16-17,19H,6-15H2,1H3,(H,27,30)(H,31,32). The van der Waals surface area contributed by atoms with E-state index in [1.165, 1.54) is 6.07 Å². The smallest absolute Gasteiger partial charge is 0.339 e. The molecule has 0 atom stereocenters. The lowest BCUT2D eigenvalue weighted by atomic mass is 9.93. The number of amides is 1. The van der Waals surface area contributed by atoms with E-state index in [1.54, 1.807) is 18.3 Å². The number of carboxylic acid groups (broad SMARTS) is 1. The molecular weight excluding hydrogens is 420 g/mol. The fourth-order valence-electron chi connectivity index (χ4n) is 4.58. The quantitative estimate of drug-likeness (QED) is 0.666. The number of nitrogens with zero attached hydrogens (tertiary/aromatic N) is 3. The van der Waals surface area contributed by atoms with E-state index in [0.29, 0.717) is 23.0 Å². The predicted octanol–water partition coefficient (Wildman–Crippen LogP) is 3.28. The van der Waals surface area contributed by atoms with E-state index in [-0.39, 0.29) is 11.5 Å². The van der Waals surface area contributed by atoms with Crippen molar-refractivity contribution in [2.75, 3.05) is 56.2 Å². The topological polar surface area (TPSA) is 95.0 Å². The minimum absolute atomic E-state index is 0.115. The van der Waals surface area contributed by atoms with Gasteiger partial charge < -0.3 is 20.1 Å². The fraction of sp³-hybridized carbons (Fsp3) is 0.480. The molecule has 0 saturated carbocycles. The zero-order chi connectivity index (χ0) is 23.2. The Bertz CT molecular complexity index is 982.